The van der Waals surface area contributed by atoms with E-state index in [1.165, 1.54) is 45.3 Å². The quantitative estimate of drug-likeness (QED) is 0.798. The number of likely N-dealkylation sites (N-methyl/N-ethyl adjacent to an activating group) is 1. The van der Waals surface area contributed by atoms with Crippen LogP contribution in [-0.4, -0.2) is 54.6 Å². The van der Waals surface area contributed by atoms with E-state index in [2.05, 4.69) is 37.6 Å². The van der Waals surface area contributed by atoms with E-state index in [-0.39, 0.29) is 5.54 Å². The molecule has 1 heterocycles. The molecule has 0 radical (unpaired) electrons. The molecule has 0 aromatic heterocycles. The summed E-state index contributed by atoms with van der Waals surface area (Å²) in [5, 5.41) is 0. The smallest absolute Gasteiger partial charge is 0.0332 e. The fourth-order valence-electron chi connectivity index (χ4n) is 3.43. The first-order valence-electron chi connectivity index (χ1n) is 7.25. The molecule has 0 saturated carbocycles. The molecule has 2 atom stereocenters. The van der Waals surface area contributed by atoms with Gasteiger partial charge in [0, 0.05) is 31.2 Å². The first-order chi connectivity index (χ1) is 8.09. The van der Waals surface area contributed by atoms with Crippen molar-refractivity contribution in [2.45, 2.75) is 58.0 Å². The molecule has 3 nitrogen and oxygen atoms in total. The second-order valence-electron chi connectivity index (χ2n) is 5.69. The van der Waals surface area contributed by atoms with Gasteiger partial charge in [-0.2, -0.15) is 0 Å². The van der Waals surface area contributed by atoms with Gasteiger partial charge in [-0.05, 0) is 39.8 Å². The molecule has 0 amide bonds. The average molecular weight is 241 g/mol. The molecule has 1 fully saturated rings. The van der Waals surface area contributed by atoms with Gasteiger partial charge in [0.15, 0.2) is 0 Å². The SMILES string of the molecule is CCCC(CC)(CN)N1CCCN(C)CC1C. The van der Waals surface area contributed by atoms with Crippen LogP contribution in [0, 0.1) is 0 Å². The average Bonchev–Trinajstić information content (AvgIpc) is 2.48. The van der Waals surface area contributed by atoms with Crippen LogP contribution in [0.25, 0.3) is 0 Å². The monoisotopic (exact) mass is 241 g/mol. The molecule has 1 aliphatic rings. The summed E-state index contributed by atoms with van der Waals surface area (Å²) in [6.45, 7) is 11.3. The second-order valence-corrected chi connectivity index (χ2v) is 5.69. The van der Waals surface area contributed by atoms with Gasteiger partial charge in [-0.15, -0.1) is 0 Å². The lowest BCUT2D eigenvalue weighted by Gasteiger charge is -2.46. The normalized spacial score (nSPS) is 27.7. The Morgan fingerprint density at radius 2 is 2.00 bits per heavy atom. The van der Waals surface area contributed by atoms with Gasteiger partial charge in [0.2, 0.25) is 0 Å². The Morgan fingerprint density at radius 3 is 2.53 bits per heavy atom. The van der Waals surface area contributed by atoms with Gasteiger partial charge in [0.05, 0.1) is 0 Å². The van der Waals surface area contributed by atoms with Crippen LogP contribution in [0.1, 0.15) is 46.5 Å². The molecule has 2 N–H and O–H groups in total. The predicted molar refractivity (Wildman–Crippen MR) is 75.3 cm³/mol. The molecule has 1 saturated heterocycles. The van der Waals surface area contributed by atoms with Crippen LogP contribution in [0.3, 0.4) is 0 Å². The third-order valence-corrected chi connectivity index (χ3v) is 4.41. The fraction of sp³-hybridized carbons (Fsp3) is 1.00. The summed E-state index contributed by atoms with van der Waals surface area (Å²) in [4.78, 5) is 5.15. The fourth-order valence-corrected chi connectivity index (χ4v) is 3.43. The molecule has 2 unspecified atom stereocenters. The molecular formula is C14H31N3. The van der Waals surface area contributed by atoms with Crippen molar-refractivity contribution in [1.29, 1.82) is 0 Å². The van der Waals surface area contributed by atoms with Gasteiger partial charge >= 0.3 is 0 Å². The van der Waals surface area contributed by atoms with Crippen molar-refractivity contribution in [3.63, 3.8) is 0 Å². The lowest BCUT2D eigenvalue weighted by atomic mass is 9.87. The van der Waals surface area contributed by atoms with E-state index in [4.69, 9.17) is 5.73 Å². The summed E-state index contributed by atoms with van der Waals surface area (Å²) < 4.78 is 0. The number of nitrogens with two attached hydrogens (primary N) is 1. The van der Waals surface area contributed by atoms with E-state index in [0.717, 1.165) is 6.54 Å². The van der Waals surface area contributed by atoms with E-state index in [0.29, 0.717) is 6.04 Å². The van der Waals surface area contributed by atoms with Crippen LogP contribution in [0.2, 0.25) is 0 Å². The van der Waals surface area contributed by atoms with Crippen molar-refractivity contribution in [3.8, 4) is 0 Å². The molecular weight excluding hydrogens is 210 g/mol. The summed E-state index contributed by atoms with van der Waals surface area (Å²) in [6.07, 6.45) is 4.90. The molecule has 0 aliphatic carbocycles. The minimum absolute atomic E-state index is 0.235. The van der Waals surface area contributed by atoms with Crippen molar-refractivity contribution >= 4 is 0 Å². The van der Waals surface area contributed by atoms with Crippen molar-refractivity contribution < 1.29 is 0 Å². The molecule has 102 valence electrons. The number of nitrogens with zero attached hydrogens (tertiary/aromatic N) is 2. The summed E-state index contributed by atoms with van der Waals surface area (Å²) in [7, 11) is 2.23. The number of hydrogen-bond donors (Lipinski definition) is 1. The standard InChI is InChI=1S/C14H31N3/c1-5-8-14(6-2,12-15)17-10-7-9-16(4)11-13(17)3/h13H,5-12,15H2,1-4H3. The first kappa shape index (κ1) is 14.9. The minimum atomic E-state index is 0.235. The van der Waals surface area contributed by atoms with E-state index < -0.39 is 0 Å². The third kappa shape index (κ3) is 3.43. The zero-order valence-electron chi connectivity index (χ0n) is 12.2. The van der Waals surface area contributed by atoms with Crippen LogP contribution in [0.5, 0.6) is 0 Å². The molecule has 0 aromatic rings. The molecule has 1 aliphatic heterocycles. The molecule has 3 heteroatoms. The maximum Gasteiger partial charge on any atom is 0.0332 e. The van der Waals surface area contributed by atoms with Gasteiger partial charge in [0.25, 0.3) is 0 Å². The van der Waals surface area contributed by atoms with Crippen molar-refractivity contribution in [2.24, 2.45) is 5.73 Å². The first-order valence-corrected chi connectivity index (χ1v) is 7.25. The van der Waals surface area contributed by atoms with Gasteiger partial charge in [-0.3, -0.25) is 4.90 Å². The second kappa shape index (κ2) is 6.72. The van der Waals surface area contributed by atoms with Gasteiger partial charge in [0.1, 0.15) is 0 Å². The third-order valence-electron chi connectivity index (χ3n) is 4.41. The number of hydrogen-bond acceptors (Lipinski definition) is 3. The van der Waals surface area contributed by atoms with Crippen molar-refractivity contribution in [3.05, 3.63) is 0 Å². The van der Waals surface area contributed by atoms with E-state index in [1.54, 1.807) is 0 Å². The van der Waals surface area contributed by atoms with Crippen molar-refractivity contribution in [2.75, 3.05) is 33.2 Å². The molecule has 0 bridgehead atoms. The number of rotatable bonds is 5. The zero-order chi connectivity index (χ0) is 12.9. The molecule has 17 heavy (non-hydrogen) atoms. The van der Waals surface area contributed by atoms with Crippen LogP contribution < -0.4 is 5.73 Å². The highest BCUT2D eigenvalue weighted by Gasteiger charge is 2.36. The van der Waals surface area contributed by atoms with Crippen LogP contribution in [0.4, 0.5) is 0 Å². The Morgan fingerprint density at radius 1 is 1.29 bits per heavy atom. The highest BCUT2D eigenvalue weighted by atomic mass is 15.3. The Bertz CT molecular complexity index is 214. The largest absolute Gasteiger partial charge is 0.329 e. The summed E-state index contributed by atoms with van der Waals surface area (Å²) in [5.74, 6) is 0. The Kier molecular flexibility index (Phi) is 5.90. The minimum Gasteiger partial charge on any atom is -0.329 e. The lowest BCUT2D eigenvalue weighted by molar-refractivity contribution is 0.0451. The van der Waals surface area contributed by atoms with Gasteiger partial charge in [-0.1, -0.05) is 20.3 Å². The topological polar surface area (TPSA) is 32.5 Å². The van der Waals surface area contributed by atoms with E-state index in [1.807, 2.05) is 0 Å². The Balaban J connectivity index is 2.84. The zero-order valence-corrected chi connectivity index (χ0v) is 12.2. The van der Waals surface area contributed by atoms with E-state index >= 15 is 0 Å². The highest BCUT2D eigenvalue weighted by molar-refractivity contribution is 4.94. The maximum absolute atomic E-state index is 6.13. The lowest BCUT2D eigenvalue weighted by Crippen LogP contribution is -2.57. The van der Waals surface area contributed by atoms with Crippen molar-refractivity contribution in [1.82, 2.24) is 9.80 Å². The summed E-state index contributed by atoms with van der Waals surface area (Å²) >= 11 is 0. The maximum atomic E-state index is 6.13. The molecule has 1 rings (SSSR count). The Hall–Kier alpha value is -0.120. The van der Waals surface area contributed by atoms with Crippen LogP contribution in [0.15, 0.2) is 0 Å². The van der Waals surface area contributed by atoms with Gasteiger partial charge < -0.3 is 10.6 Å². The Labute approximate surface area is 107 Å². The van der Waals surface area contributed by atoms with Crippen LogP contribution in [-0.2, 0) is 0 Å². The highest BCUT2D eigenvalue weighted by Crippen LogP contribution is 2.28. The van der Waals surface area contributed by atoms with E-state index in [9.17, 15) is 0 Å². The van der Waals surface area contributed by atoms with Gasteiger partial charge in [-0.25, -0.2) is 0 Å². The molecule has 0 aromatic carbocycles. The predicted octanol–water partition coefficient (Wildman–Crippen LogP) is 1.92. The summed E-state index contributed by atoms with van der Waals surface area (Å²) in [5.41, 5.74) is 6.36. The summed E-state index contributed by atoms with van der Waals surface area (Å²) in [6, 6.07) is 0.623. The molecule has 0 spiro atoms. The van der Waals surface area contributed by atoms with Crippen LogP contribution >= 0.6 is 0 Å².